The maximum atomic E-state index is 13.2. The van der Waals surface area contributed by atoms with Crippen LogP contribution in [0.2, 0.25) is 0 Å². The number of hydrogen-bond acceptors (Lipinski definition) is 4. The Bertz CT molecular complexity index is 1110. The first kappa shape index (κ1) is 21.7. The van der Waals surface area contributed by atoms with E-state index < -0.39 is 0 Å². The number of ether oxygens (including phenoxy) is 2. The lowest BCUT2D eigenvalue weighted by molar-refractivity contribution is -0.134. The van der Waals surface area contributed by atoms with Crippen LogP contribution in [0.25, 0.3) is 5.69 Å². The third-order valence-electron chi connectivity index (χ3n) is 6.38. The van der Waals surface area contributed by atoms with E-state index >= 15 is 0 Å². The lowest BCUT2D eigenvalue weighted by Gasteiger charge is -2.26. The summed E-state index contributed by atoms with van der Waals surface area (Å²) in [5.74, 6) is 1.79. The minimum atomic E-state index is 0.110. The molecule has 1 saturated heterocycles. The second-order valence-electron chi connectivity index (χ2n) is 9.16. The predicted molar refractivity (Wildman–Crippen MR) is 127 cm³/mol. The molecule has 5 rings (SSSR count). The highest BCUT2D eigenvalue weighted by Gasteiger charge is 2.36. The van der Waals surface area contributed by atoms with Gasteiger partial charge in [-0.1, -0.05) is 30.3 Å². The highest BCUT2D eigenvalue weighted by atomic mass is 16.5. The van der Waals surface area contributed by atoms with Crippen LogP contribution in [0, 0.1) is 19.8 Å². The molecule has 2 aliphatic rings. The number of carbonyl (C=O) groups is 1. The fourth-order valence-corrected chi connectivity index (χ4v) is 4.41. The Labute approximate surface area is 195 Å². The predicted octanol–water partition coefficient (Wildman–Crippen LogP) is 5.20. The van der Waals surface area contributed by atoms with Crippen LogP contribution < -0.4 is 4.74 Å². The van der Waals surface area contributed by atoms with Crippen LogP contribution >= 0.6 is 0 Å². The Balaban J connectivity index is 1.51. The van der Waals surface area contributed by atoms with E-state index in [1.54, 1.807) is 0 Å². The van der Waals surface area contributed by atoms with E-state index in [2.05, 4.69) is 0 Å². The van der Waals surface area contributed by atoms with E-state index in [4.69, 9.17) is 14.6 Å². The number of hydrogen-bond donors (Lipinski definition) is 0. The van der Waals surface area contributed by atoms with E-state index in [9.17, 15) is 4.79 Å². The van der Waals surface area contributed by atoms with Crippen LogP contribution in [-0.4, -0.2) is 39.8 Å². The number of para-hydroxylation sites is 1. The molecular weight excluding hydrogens is 414 g/mol. The molecule has 1 saturated carbocycles. The molecule has 0 spiro atoms. The summed E-state index contributed by atoms with van der Waals surface area (Å²) in [5, 5.41) is 4.83. The Kier molecular flexibility index (Phi) is 6.18. The van der Waals surface area contributed by atoms with Gasteiger partial charge in [0, 0.05) is 19.1 Å². The molecule has 0 N–H and O–H groups in total. The van der Waals surface area contributed by atoms with E-state index in [1.807, 2.05) is 78.0 Å². The standard InChI is InChI=1S/C27H31N3O3/c1-19-8-6-11-23(16-19)33-27-25(20(2)28-30(27)22-9-4-3-5-10-22)18-29(26(31)21-13-14-21)17-24-12-7-15-32-24/h3-6,8-11,16,21,24H,7,12-15,17-18H2,1-2H3. The molecule has 1 aromatic heterocycles. The van der Waals surface area contributed by atoms with Gasteiger partial charge in [0.25, 0.3) is 0 Å². The van der Waals surface area contributed by atoms with Gasteiger partial charge in [-0.05, 0) is 69.4 Å². The summed E-state index contributed by atoms with van der Waals surface area (Å²) < 4.78 is 14.2. The molecular formula is C27H31N3O3. The average Bonchev–Trinajstić information content (AvgIpc) is 3.47. The van der Waals surface area contributed by atoms with Crippen molar-refractivity contribution in [2.24, 2.45) is 5.92 Å². The Morgan fingerprint density at radius 3 is 2.64 bits per heavy atom. The van der Waals surface area contributed by atoms with Gasteiger partial charge in [-0.25, -0.2) is 4.68 Å². The summed E-state index contributed by atoms with van der Waals surface area (Å²) in [6.45, 7) is 5.90. The topological polar surface area (TPSA) is 56.6 Å². The maximum absolute atomic E-state index is 13.2. The zero-order valence-corrected chi connectivity index (χ0v) is 19.4. The summed E-state index contributed by atoms with van der Waals surface area (Å²) in [6.07, 6.45) is 4.14. The van der Waals surface area contributed by atoms with Crippen molar-refractivity contribution >= 4 is 5.91 Å². The van der Waals surface area contributed by atoms with Gasteiger partial charge in [-0.2, -0.15) is 5.10 Å². The number of nitrogens with zero attached hydrogens (tertiary/aromatic N) is 3. The van der Waals surface area contributed by atoms with Crippen molar-refractivity contribution in [1.82, 2.24) is 14.7 Å². The molecule has 3 aromatic rings. The number of carbonyl (C=O) groups excluding carboxylic acids is 1. The second kappa shape index (κ2) is 9.40. The highest BCUT2D eigenvalue weighted by molar-refractivity contribution is 5.81. The number of benzene rings is 2. The van der Waals surface area contributed by atoms with Crippen molar-refractivity contribution < 1.29 is 14.3 Å². The van der Waals surface area contributed by atoms with E-state index in [1.165, 1.54) is 0 Å². The maximum Gasteiger partial charge on any atom is 0.227 e. The molecule has 172 valence electrons. The van der Waals surface area contributed by atoms with Crippen molar-refractivity contribution in [2.45, 2.75) is 52.2 Å². The zero-order chi connectivity index (χ0) is 22.8. The zero-order valence-electron chi connectivity index (χ0n) is 19.4. The summed E-state index contributed by atoms with van der Waals surface area (Å²) in [7, 11) is 0. The van der Waals surface area contributed by atoms with Crippen LogP contribution in [0.15, 0.2) is 54.6 Å². The van der Waals surface area contributed by atoms with Gasteiger partial charge in [0.1, 0.15) is 5.75 Å². The molecule has 1 atom stereocenters. The summed E-state index contributed by atoms with van der Waals surface area (Å²) in [5.41, 5.74) is 3.85. The van der Waals surface area contributed by atoms with Crippen LogP contribution in [0.3, 0.4) is 0 Å². The van der Waals surface area contributed by atoms with Gasteiger partial charge < -0.3 is 14.4 Å². The van der Waals surface area contributed by atoms with Gasteiger partial charge in [0.15, 0.2) is 0 Å². The summed E-state index contributed by atoms with van der Waals surface area (Å²) in [6, 6.07) is 18.0. The molecule has 6 nitrogen and oxygen atoms in total. The third kappa shape index (κ3) is 4.96. The molecule has 2 fully saturated rings. The van der Waals surface area contributed by atoms with Crippen LogP contribution in [-0.2, 0) is 16.1 Å². The van der Waals surface area contributed by atoms with Crippen LogP contribution in [0.5, 0.6) is 11.6 Å². The second-order valence-corrected chi connectivity index (χ2v) is 9.16. The Morgan fingerprint density at radius 2 is 1.94 bits per heavy atom. The van der Waals surface area contributed by atoms with Crippen molar-refractivity contribution in [3.63, 3.8) is 0 Å². The van der Waals surface area contributed by atoms with Gasteiger partial charge in [-0.15, -0.1) is 0 Å². The Morgan fingerprint density at radius 1 is 1.12 bits per heavy atom. The van der Waals surface area contributed by atoms with Crippen LogP contribution in [0.4, 0.5) is 0 Å². The van der Waals surface area contributed by atoms with E-state index in [0.29, 0.717) is 19.0 Å². The fraction of sp³-hybridized carbons (Fsp3) is 0.407. The van der Waals surface area contributed by atoms with Gasteiger partial charge in [-0.3, -0.25) is 4.79 Å². The van der Waals surface area contributed by atoms with Crippen LogP contribution in [0.1, 0.15) is 42.5 Å². The first-order chi connectivity index (χ1) is 16.1. The van der Waals surface area contributed by atoms with E-state index in [-0.39, 0.29) is 17.9 Å². The first-order valence-corrected chi connectivity index (χ1v) is 11.9. The molecule has 0 bridgehead atoms. The molecule has 1 unspecified atom stereocenters. The number of amides is 1. The normalized spacial score (nSPS) is 17.8. The number of rotatable bonds is 8. The third-order valence-corrected chi connectivity index (χ3v) is 6.38. The SMILES string of the molecule is Cc1cccc(Oc2c(CN(CC3CCCO3)C(=O)C3CC3)c(C)nn2-c2ccccc2)c1. The quantitative estimate of drug-likeness (QED) is 0.478. The molecule has 1 amide bonds. The summed E-state index contributed by atoms with van der Waals surface area (Å²) in [4.78, 5) is 15.2. The van der Waals surface area contributed by atoms with E-state index in [0.717, 1.165) is 60.5 Å². The molecule has 2 aromatic carbocycles. The van der Waals surface area contributed by atoms with Crippen molar-refractivity contribution in [1.29, 1.82) is 0 Å². The lowest BCUT2D eigenvalue weighted by atomic mass is 10.1. The van der Waals surface area contributed by atoms with Crippen molar-refractivity contribution in [3.05, 3.63) is 71.4 Å². The molecule has 0 radical (unpaired) electrons. The highest BCUT2D eigenvalue weighted by Crippen LogP contribution is 2.35. The molecule has 6 heteroatoms. The Hall–Kier alpha value is -3.12. The monoisotopic (exact) mass is 445 g/mol. The fourth-order valence-electron chi connectivity index (χ4n) is 4.41. The van der Waals surface area contributed by atoms with Gasteiger partial charge in [0.2, 0.25) is 11.8 Å². The summed E-state index contributed by atoms with van der Waals surface area (Å²) >= 11 is 0. The largest absolute Gasteiger partial charge is 0.439 e. The minimum absolute atomic E-state index is 0.110. The molecule has 1 aliphatic carbocycles. The molecule has 1 aliphatic heterocycles. The average molecular weight is 446 g/mol. The smallest absolute Gasteiger partial charge is 0.227 e. The molecule has 2 heterocycles. The number of aromatic nitrogens is 2. The minimum Gasteiger partial charge on any atom is -0.439 e. The lowest BCUT2D eigenvalue weighted by Crippen LogP contribution is -2.38. The number of aryl methyl sites for hydroxylation is 2. The van der Waals surface area contributed by atoms with Crippen molar-refractivity contribution in [3.8, 4) is 17.3 Å². The van der Waals surface area contributed by atoms with Gasteiger partial charge in [0.05, 0.1) is 29.6 Å². The van der Waals surface area contributed by atoms with Gasteiger partial charge >= 0.3 is 0 Å². The first-order valence-electron chi connectivity index (χ1n) is 11.9. The molecule has 33 heavy (non-hydrogen) atoms. The van der Waals surface area contributed by atoms with Crippen molar-refractivity contribution in [2.75, 3.05) is 13.2 Å².